The van der Waals surface area contributed by atoms with Crippen molar-refractivity contribution in [1.29, 1.82) is 0 Å². The molecule has 1 aromatic carbocycles. The quantitative estimate of drug-likeness (QED) is 0.437. The molecule has 0 bridgehead atoms. The Hall–Kier alpha value is -1.96. The van der Waals surface area contributed by atoms with Crippen LogP contribution in [-0.4, -0.2) is 25.3 Å². The molecule has 1 saturated heterocycles. The van der Waals surface area contributed by atoms with Crippen LogP contribution in [-0.2, 0) is 43.4 Å². The molecule has 0 unspecified atom stereocenters. The molecule has 4 nitrogen and oxygen atoms in total. The van der Waals surface area contributed by atoms with Crippen LogP contribution in [0.4, 0.5) is 13.2 Å². The second-order valence-corrected chi connectivity index (χ2v) is 12.8. The first kappa shape index (κ1) is 25.3. The van der Waals surface area contributed by atoms with Gasteiger partial charge in [-0.2, -0.15) is 13.2 Å². The lowest BCUT2D eigenvalue weighted by Crippen LogP contribution is -2.39. The molecule has 1 atom stereocenters. The van der Waals surface area contributed by atoms with Gasteiger partial charge in [0.1, 0.15) is 11.7 Å². The Morgan fingerprint density at radius 2 is 1.62 bits per heavy atom. The highest BCUT2D eigenvalue weighted by Gasteiger charge is 2.59. The number of hydrogen-bond donors (Lipinski definition) is 0. The van der Waals surface area contributed by atoms with Crippen molar-refractivity contribution in [3.8, 4) is 0 Å². The zero-order valence-corrected chi connectivity index (χ0v) is 22.3. The Labute approximate surface area is 216 Å². The fraction of sp³-hybridized carbons (Fsp3) is 0.633. The van der Waals surface area contributed by atoms with Crippen molar-refractivity contribution in [1.82, 2.24) is 4.98 Å². The molecule has 37 heavy (non-hydrogen) atoms. The third-order valence-electron chi connectivity index (χ3n) is 9.14. The maximum Gasteiger partial charge on any atom is 0.416 e. The number of rotatable bonds is 3. The fourth-order valence-electron chi connectivity index (χ4n) is 7.22. The Morgan fingerprint density at radius 1 is 0.973 bits per heavy atom. The predicted octanol–water partition coefficient (Wildman–Crippen LogP) is 7.11. The smallest absolute Gasteiger partial charge is 0.381 e. The number of methoxy groups -OCH3 is 1. The SMILES string of the molecule is COC(C)(C)c1nc2c(c3c1[C@@H](c1ccc(C(F)(F)F)cc1)OC31CCOCC1)C1(CC1)CC(C)(C)C2. The number of aromatic nitrogens is 1. The highest BCUT2D eigenvalue weighted by molar-refractivity contribution is 5.58. The first-order chi connectivity index (χ1) is 17.3. The average molecular weight is 516 g/mol. The second kappa shape index (κ2) is 8.03. The highest BCUT2D eigenvalue weighted by Crippen LogP contribution is 2.65. The van der Waals surface area contributed by atoms with Gasteiger partial charge in [0.15, 0.2) is 0 Å². The van der Waals surface area contributed by atoms with Crippen molar-refractivity contribution in [2.24, 2.45) is 5.41 Å². The van der Waals surface area contributed by atoms with Crippen LogP contribution in [0.25, 0.3) is 0 Å². The zero-order chi connectivity index (χ0) is 26.4. The minimum Gasteiger partial charge on any atom is -0.381 e. The van der Waals surface area contributed by atoms with E-state index in [2.05, 4.69) is 13.8 Å². The summed E-state index contributed by atoms with van der Waals surface area (Å²) in [6.07, 6.45) is 0.838. The third-order valence-corrected chi connectivity index (χ3v) is 9.14. The number of nitrogens with zero attached hydrogens (tertiary/aromatic N) is 1. The molecule has 0 amide bonds. The molecule has 200 valence electrons. The monoisotopic (exact) mass is 515 g/mol. The standard InChI is InChI=1S/C30H36F3NO3/c1-26(2)16-20-22(28(17-26)10-11-28)23-21(25(34-20)27(3,4)35-5)24(37-29(23)12-14-36-15-13-29)18-6-8-19(9-7-18)30(31,32)33/h6-9,24H,10-17H2,1-5H3/t24-/m1/s1. The average Bonchev–Trinajstić information content (AvgIpc) is 3.52. The normalized spacial score (nSPS) is 25.2. The molecule has 2 aliphatic heterocycles. The maximum atomic E-state index is 13.4. The van der Waals surface area contributed by atoms with Gasteiger partial charge in [0, 0.05) is 44.4 Å². The van der Waals surface area contributed by atoms with Crippen LogP contribution in [0.2, 0.25) is 0 Å². The van der Waals surface area contributed by atoms with E-state index in [-0.39, 0.29) is 10.8 Å². The van der Waals surface area contributed by atoms with Crippen LogP contribution >= 0.6 is 0 Å². The Kier molecular flexibility index (Phi) is 5.49. The Morgan fingerprint density at radius 3 is 2.19 bits per heavy atom. The third kappa shape index (κ3) is 3.95. The Bertz CT molecular complexity index is 1220. The number of halogens is 3. The lowest BCUT2D eigenvalue weighted by atomic mass is 9.64. The maximum absolute atomic E-state index is 13.4. The first-order valence-electron chi connectivity index (χ1n) is 13.4. The summed E-state index contributed by atoms with van der Waals surface area (Å²) in [5.41, 5.74) is 4.66. The lowest BCUT2D eigenvalue weighted by Gasteiger charge is -2.42. The van der Waals surface area contributed by atoms with Gasteiger partial charge in [-0.3, -0.25) is 4.98 Å². The van der Waals surface area contributed by atoms with Gasteiger partial charge < -0.3 is 14.2 Å². The van der Waals surface area contributed by atoms with E-state index in [1.807, 2.05) is 13.8 Å². The number of alkyl halides is 3. The number of pyridine rings is 1. The van der Waals surface area contributed by atoms with E-state index in [4.69, 9.17) is 19.2 Å². The summed E-state index contributed by atoms with van der Waals surface area (Å²) in [6.45, 7) is 9.88. The number of ether oxygens (including phenoxy) is 3. The van der Waals surface area contributed by atoms with Crippen LogP contribution in [0.3, 0.4) is 0 Å². The van der Waals surface area contributed by atoms with Gasteiger partial charge in [-0.25, -0.2) is 0 Å². The van der Waals surface area contributed by atoms with Crippen LogP contribution in [0.5, 0.6) is 0 Å². The van der Waals surface area contributed by atoms with Gasteiger partial charge in [-0.1, -0.05) is 26.0 Å². The van der Waals surface area contributed by atoms with Crippen molar-refractivity contribution in [3.05, 3.63) is 63.5 Å². The fourth-order valence-corrected chi connectivity index (χ4v) is 7.22. The summed E-state index contributed by atoms with van der Waals surface area (Å²) < 4.78 is 58.9. The number of hydrogen-bond acceptors (Lipinski definition) is 4. The molecule has 7 heteroatoms. The van der Waals surface area contributed by atoms with Gasteiger partial charge in [-0.15, -0.1) is 0 Å². The minimum absolute atomic E-state index is 0.105. The number of benzene rings is 1. The molecule has 0 N–H and O–H groups in total. The summed E-state index contributed by atoms with van der Waals surface area (Å²) in [5.74, 6) is 0. The molecule has 6 rings (SSSR count). The minimum atomic E-state index is -4.39. The van der Waals surface area contributed by atoms with Crippen LogP contribution in [0.15, 0.2) is 24.3 Å². The number of fused-ring (bicyclic) bond motifs is 5. The summed E-state index contributed by atoms with van der Waals surface area (Å²) in [7, 11) is 1.69. The highest BCUT2D eigenvalue weighted by atomic mass is 19.4. The van der Waals surface area contributed by atoms with Gasteiger partial charge in [0.2, 0.25) is 0 Å². The van der Waals surface area contributed by atoms with Gasteiger partial charge >= 0.3 is 6.18 Å². The van der Waals surface area contributed by atoms with Crippen LogP contribution in [0.1, 0.15) is 105 Å². The van der Waals surface area contributed by atoms with E-state index in [9.17, 15) is 13.2 Å². The molecule has 1 aromatic heterocycles. The largest absolute Gasteiger partial charge is 0.416 e. The van der Waals surface area contributed by atoms with E-state index in [0.717, 1.165) is 67.6 Å². The molecule has 2 aromatic rings. The van der Waals surface area contributed by atoms with Gasteiger partial charge in [0.05, 0.1) is 16.9 Å². The van der Waals surface area contributed by atoms with E-state index >= 15 is 0 Å². The van der Waals surface area contributed by atoms with Crippen molar-refractivity contribution in [3.63, 3.8) is 0 Å². The molecule has 2 fully saturated rings. The molecule has 4 aliphatic rings. The second-order valence-electron chi connectivity index (χ2n) is 12.8. The molecule has 3 heterocycles. The topological polar surface area (TPSA) is 40.6 Å². The molecule has 0 radical (unpaired) electrons. The van der Waals surface area contributed by atoms with Gasteiger partial charge in [-0.05, 0) is 79.2 Å². The predicted molar refractivity (Wildman–Crippen MR) is 133 cm³/mol. The Balaban J connectivity index is 1.63. The van der Waals surface area contributed by atoms with Crippen LogP contribution < -0.4 is 0 Å². The molecule has 1 saturated carbocycles. The van der Waals surface area contributed by atoms with Gasteiger partial charge in [0.25, 0.3) is 0 Å². The van der Waals surface area contributed by atoms with Crippen molar-refractivity contribution in [2.75, 3.05) is 20.3 Å². The van der Waals surface area contributed by atoms with E-state index < -0.39 is 29.0 Å². The van der Waals surface area contributed by atoms with Crippen molar-refractivity contribution in [2.45, 2.75) is 95.1 Å². The molecular weight excluding hydrogens is 479 g/mol. The van der Waals surface area contributed by atoms with Crippen LogP contribution in [0, 0.1) is 5.41 Å². The van der Waals surface area contributed by atoms with E-state index in [1.165, 1.54) is 11.1 Å². The summed E-state index contributed by atoms with van der Waals surface area (Å²) >= 11 is 0. The molecule has 2 aliphatic carbocycles. The van der Waals surface area contributed by atoms with Crippen molar-refractivity contribution >= 4 is 0 Å². The zero-order valence-electron chi connectivity index (χ0n) is 22.3. The van der Waals surface area contributed by atoms with E-state index in [1.54, 1.807) is 19.2 Å². The molecule has 2 spiro atoms. The van der Waals surface area contributed by atoms with E-state index in [0.29, 0.717) is 18.8 Å². The van der Waals surface area contributed by atoms with Crippen molar-refractivity contribution < 1.29 is 27.4 Å². The summed E-state index contributed by atoms with van der Waals surface area (Å²) in [4.78, 5) is 5.35. The molecular formula is C30H36F3NO3. The lowest BCUT2D eigenvalue weighted by molar-refractivity contribution is -0.137. The first-order valence-corrected chi connectivity index (χ1v) is 13.4. The summed E-state index contributed by atoms with van der Waals surface area (Å²) in [6, 6.07) is 5.44. The summed E-state index contributed by atoms with van der Waals surface area (Å²) in [5, 5.41) is 0.